The number of aliphatic hydroxyl groups is 11. The predicted molar refractivity (Wildman–Crippen MR) is 110 cm³/mol. The molecule has 198 valence electrons. The summed E-state index contributed by atoms with van der Waals surface area (Å²) in [6.07, 6.45) is -15.7. The van der Waals surface area contributed by atoms with Gasteiger partial charge in [0.1, 0.15) is 48.8 Å². The summed E-state index contributed by atoms with van der Waals surface area (Å²) in [7, 11) is 0. The Hall–Kier alpha value is -0.820. The first-order valence-corrected chi connectivity index (χ1v) is 11.1. The molecule has 1 heterocycles. The molecule has 3 rings (SSSR count). The molecule has 0 amide bonds. The van der Waals surface area contributed by atoms with Crippen molar-refractivity contribution in [3.63, 3.8) is 0 Å². The Kier molecular flexibility index (Phi) is 9.38. The van der Waals surface area contributed by atoms with Gasteiger partial charge < -0.3 is 71.0 Å². The third-order valence-corrected chi connectivity index (χ3v) is 6.90. The minimum atomic E-state index is -1.75. The van der Waals surface area contributed by atoms with Gasteiger partial charge in [-0.15, -0.1) is 0 Å². The Labute approximate surface area is 194 Å². The number of hydrogen-bond donors (Lipinski definition) is 12. The Morgan fingerprint density at radius 3 is 2.06 bits per heavy atom. The predicted octanol–water partition coefficient (Wildman–Crippen LogP) is -6.75. The van der Waals surface area contributed by atoms with E-state index in [1.807, 2.05) is 0 Å². The van der Waals surface area contributed by atoms with Gasteiger partial charge in [0, 0.05) is 18.6 Å². The van der Waals surface area contributed by atoms with Crippen LogP contribution in [0, 0.1) is 5.92 Å². The quantitative estimate of drug-likeness (QED) is 0.146. The molecule has 14 atom stereocenters. The van der Waals surface area contributed by atoms with Crippen molar-refractivity contribution in [2.75, 3.05) is 19.8 Å². The van der Waals surface area contributed by atoms with E-state index in [4.69, 9.17) is 9.47 Å². The van der Waals surface area contributed by atoms with Crippen LogP contribution in [0.4, 0.5) is 0 Å². The van der Waals surface area contributed by atoms with E-state index in [9.17, 15) is 56.2 Å². The molecule has 12 N–H and O–H groups in total. The zero-order chi connectivity index (χ0) is 25.3. The van der Waals surface area contributed by atoms with Gasteiger partial charge in [-0.25, -0.2) is 0 Å². The minimum Gasteiger partial charge on any atom is -0.396 e. The SMILES string of the molecule is OCC1=C[C@H](N[C@H]2CC(CO)[C@@H](O[C@H]3OC(CO)[C@@H](O)C(O)[C@@H]3O)[C@H](O)[C@@H]2O)[C@H](O)[C@@H](O)[C@@H]1O. The Morgan fingerprint density at radius 2 is 1.47 bits per heavy atom. The van der Waals surface area contributed by atoms with Crippen LogP contribution >= 0.6 is 0 Å². The maximum atomic E-state index is 10.7. The molecule has 2 aliphatic carbocycles. The van der Waals surface area contributed by atoms with E-state index in [1.165, 1.54) is 6.08 Å². The molecule has 3 aliphatic rings. The highest BCUT2D eigenvalue weighted by atomic mass is 16.7. The second kappa shape index (κ2) is 11.5. The second-order valence-corrected chi connectivity index (χ2v) is 9.08. The van der Waals surface area contributed by atoms with Crippen molar-refractivity contribution in [1.82, 2.24) is 5.32 Å². The van der Waals surface area contributed by atoms with E-state index in [-0.39, 0.29) is 12.0 Å². The van der Waals surface area contributed by atoms with Crippen molar-refractivity contribution in [2.24, 2.45) is 5.92 Å². The molecule has 0 aromatic rings. The third-order valence-electron chi connectivity index (χ3n) is 6.90. The molecule has 0 bridgehead atoms. The lowest BCUT2D eigenvalue weighted by Gasteiger charge is -2.47. The van der Waals surface area contributed by atoms with Gasteiger partial charge in [-0.1, -0.05) is 6.08 Å². The van der Waals surface area contributed by atoms with E-state index in [0.29, 0.717) is 0 Å². The van der Waals surface area contributed by atoms with E-state index in [2.05, 4.69) is 5.32 Å². The number of rotatable bonds is 7. The molecule has 1 saturated heterocycles. The summed E-state index contributed by atoms with van der Waals surface area (Å²) in [5.41, 5.74) is 0.0590. The number of hydrogen-bond acceptors (Lipinski definition) is 14. The highest BCUT2D eigenvalue weighted by Crippen LogP contribution is 2.33. The molecule has 14 heteroatoms. The molecule has 1 aliphatic heterocycles. The average Bonchev–Trinajstić information content (AvgIpc) is 2.83. The average molecular weight is 497 g/mol. The Balaban J connectivity index is 1.73. The maximum Gasteiger partial charge on any atom is 0.187 e. The number of aliphatic hydroxyl groups excluding tert-OH is 11. The molecule has 0 aromatic carbocycles. The van der Waals surface area contributed by atoms with Crippen molar-refractivity contribution in [3.05, 3.63) is 11.6 Å². The van der Waals surface area contributed by atoms with Crippen molar-refractivity contribution in [2.45, 2.75) is 85.8 Å². The highest BCUT2D eigenvalue weighted by molar-refractivity contribution is 5.22. The van der Waals surface area contributed by atoms with Gasteiger partial charge in [0.05, 0.1) is 31.5 Å². The lowest BCUT2D eigenvalue weighted by Crippen LogP contribution is -2.66. The van der Waals surface area contributed by atoms with E-state index < -0.39 is 105 Å². The zero-order valence-corrected chi connectivity index (χ0v) is 18.2. The van der Waals surface area contributed by atoms with Crippen molar-refractivity contribution in [1.29, 1.82) is 0 Å². The van der Waals surface area contributed by atoms with Crippen molar-refractivity contribution >= 4 is 0 Å². The summed E-state index contributed by atoms with van der Waals surface area (Å²) in [5, 5.41) is 113. The summed E-state index contributed by atoms with van der Waals surface area (Å²) in [6, 6.07) is -1.94. The smallest absolute Gasteiger partial charge is 0.187 e. The fourth-order valence-corrected chi connectivity index (χ4v) is 4.77. The van der Waals surface area contributed by atoms with Gasteiger partial charge >= 0.3 is 0 Å². The molecule has 0 spiro atoms. The standard InChI is InChI=1S/C20H35NO13/c22-3-6-1-8(12(26)15(29)11(6)25)21-9-2-7(4-23)19(17(31)13(9)27)34-20-18(32)16(30)14(28)10(5-24)33-20/h1,7-32H,2-5H2/t7?,8-,9-,10?,11+,12-,13+,14+,15-,16?,17+,18-,19+,20+/m0/s1. The zero-order valence-electron chi connectivity index (χ0n) is 18.2. The molecular formula is C20H35NO13. The van der Waals surface area contributed by atoms with E-state index >= 15 is 0 Å². The first-order valence-electron chi connectivity index (χ1n) is 11.1. The van der Waals surface area contributed by atoms with Gasteiger partial charge in [-0.3, -0.25) is 0 Å². The second-order valence-electron chi connectivity index (χ2n) is 9.08. The fraction of sp³-hybridized carbons (Fsp3) is 0.900. The molecule has 3 unspecified atom stereocenters. The van der Waals surface area contributed by atoms with Crippen LogP contribution in [0.3, 0.4) is 0 Å². The molecule has 1 saturated carbocycles. The summed E-state index contributed by atoms with van der Waals surface area (Å²) >= 11 is 0. The molecular weight excluding hydrogens is 462 g/mol. The third kappa shape index (κ3) is 5.30. The molecule has 0 aromatic heterocycles. The molecule has 14 nitrogen and oxygen atoms in total. The lowest BCUT2D eigenvalue weighted by molar-refractivity contribution is -0.328. The largest absolute Gasteiger partial charge is 0.396 e. The van der Waals surface area contributed by atoms with Gasteiger partial charge in [0.15, 0.2) is 6.29 Å². The van der Waals surface area contributed by atoms with E-state index in [1.54, 1.807) is 0 Å². The van der Waals surface area contributed by atoms with Crippen LogP contribution in [-0.2, 0) is 9.47 Å². The Bertz CT molecular complexity index is 693. The topological polar surface area (TPSA) is 253 Å². The minimum absolute atomic E-state index is 0.0129. The fourth-order valence-electron chi connectivity index (χ4n) is 4.77. The summed E-state index contributed by atoms with van der Waals surface area (Å²) in [4.78, 5) is 0. The van der Waals surface area contributed by atoms with Crippen LogP contribution in [-0.4, -0.2) is 155 Å². The molecule has 0 radical (unpaired) electrons. The lowest BCUT2D eigenvalue weighted by atomic mass is 9.78. The van der Waals surface area contributed by atoms with Gasteiger partial charge in [0.2, 0.25) is 0 Å². The van der Waals surface area contributed by atoms with Crippen LogP contribution in [0.5, 0.6) is 0 Å². The highest BCUT2D eigenvalue weighted by Gasteiger charge is 2.50. The van der Waals surface area contributed by atoms with Crippen LogP contribution in [0.1, 0.15) is 6.42 Å². The number of ether oxygens (including phenoxy) is 2. The Morgan fingerprint density at radius 1 is 0.794 bits per heavy atom. The first kappa shape index (κ1) is 27.8. The summed E-state index contributed by atoms with van der Waals surface area (Å²) < 4.78 is 10.9. The van der Waals surface area contributed by atoms with Gasteiger partial charge in [0.25, 0.3) is 0 Å². The maximum absolute atomic E-state index is 10.7. The van der Waals surface area contributed by atoms with Gasteiger partial charge in [-0.05, 0) is 12.0 Å². The summed E-state index contributed by atoms with van der Waals surface area (Å²) in [6.45, 7) is -1.80. The first-order chi connectivity index (χ1) is 16.0. The normalized spacial score (nSPS) is 50.1. The van der Waals surface area contributed by atoms with Crippen LogP contribution < -0.4 is 5.32 Å². The summed E-state index contributed by atoms with van der Waals surface area (Å²) in [5.74, 6) is -0.833. The van der Waals surface area contributed by atoms with Gasteiger partial charge in [-0.2, -0.15) is 0 Å². The van der Waals surface area contributed by atoms with Crippen molar-refractivity contribution in [3.8, 4) is 0 Å². The monoisotopic (exact) mass is 497 g/mol. The van der Waals surface area contributed by atoms with Crippen LogP contribution in [0.15, 0.2) is 11.6 Å². The molecule has 2 fully saturated rings. The van der Waals surface area contributed by atoms with Crippen LogP contribution in [0.25, 0.3) is 0 Å². The van der Waals surface area contributed by atoms with Crippen LogP contribution in [0.2, 0.25) is 0 Å². The van der Waals surface area contributed by atoms with E-state index in [0.717, 1.165) is 0 Å². The molecule has 34 heavy (non-hydrogen) atoms. The number of nitrogens with one attached hydrogen (secondary N) is 1. The van der Waals surface area contributed by atoms with Crippen molar-refractivity contribution < 1.29 is 65.6 Å².